The Balaban J connectivity index is 1.93. The minimum Gasteiger partial charge on any atom is -0.328 e. The van der Waals surface area contributed by atoms with Crippen LogP contribution in [0, 0.1) is 5.92 Å². The maximum atomic E-state index is 12.3. The summed E-state index contributed by atoms with van der Waals surface area (Å²) in [7, 11) is 0. The molecule has 0 amide bonds. The van der Waals surface area contributed by atoms with Crippen LogP contribution in [0.2, 0.25) is 0 Å². The lowest BCUT2D eigenvalue weighted by molar-refractivity contribution is -0.120. The minimum atomic E-state index is 0.282. The smallest absolute Gasteiger partial charge is 0.161 e. The lowest BCUT2D eigenvalue weighted by Crippen LogP contribution is -2.30. The summed E-state index contributed by atoms with van der Waals surface area (Å²) in [6, 6.07) is 0.340. The molecule has 0 aromatic heterocycles. The van der Waals surface area contributed by atoms with E-state index in [1.165, 1.54) is 19.3 Å². The fraction of sp³-hybridized carbons (Fsp3) is 0.786. The molecule has 90 valence electrons. The summed E-state index contributed by atoms with van der Waals surface area (Å²) in [6.07, 6.45) is 12.1. The van der Waals surface area contributed by atoms with E-state index in [0.29, 0.717) is 11.8 Å². The Labute approximate surface area is 98.3 Å². The average Bonchev–Trinajstić information content (AvgIpc) is 2.57. The largest absolute Gasteiger partial charge is 0.328 e. The number of hydrogen-bond acceptors (Lipinski definition) is 2. The van der Waals surface area contributed by atoms with Crippen LogP contribution in [0.4, 0.5) is 0 Å². The van der Waals surface area contributed by atoms with E-state index in [9.17, 15) is 4.79 Å². The van der Waals surface area contributed by atoms with E-state index in [4.69, 9.17) is 5.73 Å². The van der Waals surface area contributed by atoms with Crippen molar-refractivity contribution >= 4 is 5.78 Å². The van der Waals surface area contributed by atoms with Crippen LogP contribution in [0.1, 0.15) is 57.8 Å². The monoisotopic (exact) mass is 221 g/mol. The van der Waals surface area contributed by atoms with Gasteiger partial charge in [-0.25, -0.2) is 0 Å². The Morgan fingerprint density at radius 1 is 1.12 bits per heavy atom. The molecule has 2 N–H and O–H groups in total. The van der Waals surface area contributed by atoms with Crippen LogP contribution < -0.4 is 5.73 Å². The second-order valence-corrected chi connectivity index (χ2v) is 5.30. The van der Waals surface area contributed by atoms with Gasteiger partial charge < -0.3 is 5.73 Å². The molecule has 0 aromatic rings. The summed E-state index contributed by atoms with van der Waals surface area (Å²) in [5, 5.41) is 0. The lowest BCUT2D eigenvalue weighted by atomic mass is 9.81. The van der Waals surface area contributed by atoms with Gasteiger partial charge in [-0.2, -0.15) is 0 Å². The number of ketones is 1. The maximum absolute atomic E-state index is 12.3. The van der Waals surface area contributed by atoms with E-state index in [-0.39, 0.29) is 5.92 Å². The fourth-order valence-electron chi connectivity index (χ4n) is 2.88. The third-order valence-corrected chi connectivity index (χ3v) is 4.00. The Morgan fingerprint density at radius 3 is 2.62 bits per heavy atom. The summed E-state index contributed by atoms with van der Waals surface area (Å²) >= 11 is 0. The van der Waals surface area contributed by atoms with Crippen molar-refractivity contribution in [3.05, 3.63) is 11.6 Å². The third kappa shape index (κ3) is 2.94. The molecule has 1 fully saturated rings. The van der Waals surface area contributed by atoms with Crippen LogP contribution in [0.25, 0.3) is 0 Å². The first kappa shape index (κ1) is 11.8. The van der Waals surface area contributed by atoms with Crippen molar-refractivity contribution in [2.24, 2.45) is 11.7 Å². The molecule has 2 aliphatic rings. The van der Waals surface area contributed by atoms with Crippen molar-refractivity contribution < 1.29 is 4.79 Å². The number of carbonyl (C=O) groups is 1. The van der Waals surface area contributed by atoms with E-state index < -0.39 is 0 Å². The topological polar surface area (TPSA) is 43.1 Å². The molecule has 2 rings (SSSR count). The number of allylic oxidation sites excluding steroid dienone is 2. The molecule has 0 atom stereocenters. The zero-order valence-corrected chi connectivity index (χ0v) is 10.1. The molecule has 0 heterocycles. The van der Waals surface area contributed by atoms with Crippen LogP contribution in [0.15, 0.2) is 11.6 Å². The highest BCUT2D eigenvalue weighted by molar-refractivity contribution is 5.97. The van der Waals surface area contributed by atoms with Gasteiger partial charge in [-0.3, -0.25) is 4.79 Å². The van der Waals surface area contributed by atoms with Gasteiger partial charge in [0.05, 0.1) is 0 Å². The van der Waals surface area contributed by atoms with E-state index >= 15 is 0 Å². The molecule has 0 spiro atoms. The second kappa shape index (κ2) is 5.62. The molecular weight excluding hydrogens is 198 g/mol. The van der Waals surface area contributed by atoms with Gasteiger partial charge >= 0.3 is 0 Å². The Bertz CT molecular complexity index is 274. The molecule has 0 unspecified atom stereocenters. The number of hydrogen-bond donors (Lipinski definition) is 1. The van der Waals surface area contributed by atoms with Crippen LogP contribution in [0.3, 0.4) is 0 Å². The van der Waals surface area contributed by atoms with Crippen molar-refractivity contribution in [1.29, 1.82) is 0 Å². The van der Waals surface area contributed by atoms with Crippen LogP contribution in [0.5, 0.6) is 0 Å². The molecule has 0 aliphatic heterocycles. The predicted octanol–water partition coefficient (Wildman–Crippen LogP) is 2.96. The highest BCUT2D eigenvalue weighted by Crippen LogP contribution is 2.29. The molecule has 0 aromatic carbocycles. The molecule has 2 heteroatoms. The average molecular weight is 221 g/mol. The van der Waals surface area contributed by atoms with Crippen molar-refractivity contribution in [1.82, 2.24) is 0 Å². The van der Waals surface area contributed by atoms with Crippen molar-refractivity contribution in [3.8, 4) is 0 Å². The van der Waals surface area contributed by atoms with Gasteiger partial charge in [0.1, 0.15) is 0 Å². The fourth-order valence-corrected chi connectivity index (χ4v) is 2.88. The summed E-state index contributed by atoms with van der Waals surface area (Å²) in [5.74, 6) is 0.720. The van der Waals surface area contributed by atoms with Gasteiger partial charge in [0.2, 0.25) is 0 Å². The van der Waals surface area contributed by atoms with Crippen LogP contribution >= 0.6 is 0 Å². The standard InChI is InChI=1S/C14H23NO/c15-13-9-7-12(8-10-13)14(16)11-5-3-1-2-4-6-11/h5,12-13H,1-4,6-10,15H2. The van der Waals surface area contributed by atoms with Gasteiger partial charge in [-0.1, -0.05) is 12.5 Å². The van der Waals surface area contributed by atoms with Gasteiger partial charge in [0, 0.05) is 12.0 Å². The highest BCUT2D eigenvalue weighted by Gasteiger charge is 2.26. The van der Waals surface area contributed by atoms with E-state index in [1.54, 1.807) is 0 Å². The number of rotatable bonds is 2. The first-order valence-corrected chi connectivity index (χ1v) is 6.76. The maximum Gasteiger partial charge on any atom is 0.161 e. The van der Waals surface area contributed by atoms with Gasteiger partial charge in [0.15, 0.2) is 5.78 Å². The molecule has 0 bridgehead atoms. The first-order chi connectivity index (χ1) is 7.77. The Kier molecular flexibility index (Phi) is 4.16. The quantitative estimate of drug-likeness (QED) is 0.779. The zero-order chi connectivity index (χ0) is 11.4. The number of nitrogens with two attached hydrogens (primary N) is 1. The second-order valence-electron chi connectivity index (χ2n) is 5.30. The third-order valence-electron chi connectivity index (χ3n) is 4.00. The van der Waals surface area contributed by atoms with Crippen LogP contribution in [-0.2, 0) is 4.79 Å². The summed E-state index contributed by atoms with van der Waals surface area (Å²) < 4.78 is 0. The minimum absolute atomic E-state index is 0.282. The van der Waals surface area contributed by atoms with E-state index in [0.717, 1.165) is 44.1 Å². The highest BCUT2D eigenvalue weighted by atomic mass is 16.1. The summed E-state index contributed by atoms with van der Waals surface area (Å²) in [4.78, 5) is 12.3. The lowest BCUT2D eigenvalue weighted by Gasteiger charge is -2.25. The number of Topliss-reactive ketones (excluding diaryl/α,β-unsaturated/α-hetero) is 1. The number of carbonyl (C=O) groups excluding carboxylic acids is 1. The SMILES string of the molecule is NC1CCC(C(=O)C2=CCCCCC2)CC1. The van der Waals surface area contributed by atoms with Gasteiger partial charge in [-0.15, -0.1) is 0 Å². The predicted molar refractivity (Wildman–Crippen MR) is 66.1 cm³/mol. The van der Waals surface area contributed by atoms with Gasteiger partial charge in [-0.05, 0) is 56.9 Å². The van der Waals surface area contributed by atoms with Crippen molar-refractivity contribution in [3.63, 3.8) is 0 Å². The van der Waals surface area contributed by atoms with Gasteiger partial charge in [0.25, 0.3) is 0 Å². The molecule has 0 radical (unpaired) electrons. The molecule has 0 saturated heterocycles. The first-order valence-electron chi connectivity index (χ1n) is 6.76. The summed E-state index contributed by atoms with van der Waals surface area (Å²) in [6.45, 7) is 0. The van der Waals surface area contributed by atoms with E-state index in [1.807, 2.05) is 0 Å². The van der Waals surface area contributed by atoms with E-state index in [2.05, 4.69) is 6.08 Å². The van der Waals surface area contributed by atoms with Crippen molar-refractivity contribution in [2.45, 2.75) is 63.8 Å². The normalized spacial score (nSPS) is 31.7. The molecule has 2 aliphatic carbocycles. The molecular formula is C14H23NO. The Morgan fingerprint density at radius 2 is 1.88 bits per heavy atom. The van der Waals surface area contributed by atoms with Crippen LogP contribution in [-0.4, -0.2) is 11.8 Å². The Hall–Kier alpha value is -0.630. The van der Waals surface area contributed by atoms with Crippen molar-refractivity contribution in [2.75, 3.05) is 0 Å². The summed E-state index contributed by atoms with van der Waals surface area (Å²) in [5.41, 5.74) is 7.00. The molecule has 1 saturated carbocycles. The molecule has 2 nitrogen and oxygen atoms in total. The zero-order valence-electron chi connectivity index (χ0n) is 10.1. The molecule has 16 heavy (non-hydrogen) atoms.